The number of esters is 1. The average Bonchev–Trinajstić information content (AvgIpc) is 1.04. The first kappa shape index (κ1) is 78.0. The fraction of sp³-hybridized carbons (Fsp3) is 0.583. The van der Waals surface area contributed by atoms with Crippen LogP contribution >= 0.6 is 0 Å². The number of hydrogen-bond donors (Lipinski definition) is 19. The van der Waals surface area contributed by atoms with E-state index in [4.69, 9.17) is 21.6 Å². The lowest BCUT2D eigenvalue weighted by Crippen LogP contribution is -2.64. The summed E-state index contributed by atoms with van der Waals surface area (Å²) in [4.78, 5) is 182. The number of aliphatic hydroxyl groups excluding tert-OH is 4. The predicted octanol–water partition coefficient (Wildman–Crippen LogP) is -5.74. The zero-order chi connectivity index (χ0) is 71.0. The number of carbonyl (C=O) groups is 12. The highest BCUT2D eigenvalue weighted by atomic mass is 16.6. The number of nitrogens with zero attached hydrogens (tertiary/aromatic N) is 1. The number of benzene rings is 2. The Hall–Kier alpha value is -9.45. The van der Waals surface area contributed by atoms with Gasteiger partial charge in [-0.3, -0.25) is 68.3 Å². The van der Waals surface area contributed by atoms with Gasteiger partial charge in [-0.2, -0.15) is 0 Å². The summed E-state index contributed by atoms with van der Waals surface area (Å²) in [6.07, 6.45) is -7.95. The number of hydrogen-bond acceptors (Lipinski definition) is 21. The Morgan fingerprint density at radius 3 is 1.88 bits per heavy atom. The highest BCUT2D eigenvalue weighted by molar-refractivity contribution is 6.00. The van der Waals surface area contributed by atoms with E-state index in [0.717, 1.165) is 19.1 Å². The molecule has 2 saturated heterocycles. The predicted molar refractivity (Wildman–Crippen MR) is 336 cm³/mol. The van der Waals surface area contributed by atoms with Crippen LogP contribution in [-0.2, 0) is 68.7 Å². The van der Waals surface area contributed by atoms with Crippen molar-refractivity contribution in [1.82, 2.24) is 63.8 Å². The SMILES string of the molecule is CC[C@H](C)[C@@H]1NC(=O)[C@@H](CCCNC(=N)N)NC(=O)[C@H](CC(C)C)NC(=O)[C@H]([C@H](O)C(C)C)NC(=O)[C@@H](NC(=O)[C@H](Cc2ccc([N+](=O)[O-])cc2)NC(=O)[C@H]2CCCN2)[C@@H](c2ccccc2)OC(=O)[C@H](CO)NC(=O)[C@H]([C@H](O)C(N)=O)NC(=O)CNC(=O)[C@H]([C@H](C)O)NC1=O. The van der Waals surface area contributed by atoms with E-state index < -0.39 is 204 Å². The Bertz CT molecular complexity index is 3040. The van der Waals surface area contributed by atoms with E-state index in [1.54, 1.807) is 27.7 Å². The van der Waals surface area contributed by atoms with E-state index in [0.29, 0.717) is 19.4 Å². The lowest BCUT2D eigenvalue weighted by atomic mass is 9.95. The molecule has 11 amide bonds. The fourth-order valence-corrected chi connectivity index (χ4v) is 10.1. The Morgan fingerprint density at radius 2 is 1.33 bits per heavy atom. The van der Waals surface area contributed by atoms with Crippen molar-refractivity contribution < 1.29 is 87.6 Å². The average molecular weight is 1340 g/mol. The number of nitro benzene ring substituents is 1. The van der Waals surface area contributed by atoms with Crippen molar-refractivity contribution in [3.63, 3.8) is 0 Å². The standard InChI is InChI=1S/C60H90N16O19/c1-8-30(6)41-55(88)73-42(31(7)78)54(87)66-26-40(79)71-44(47(81)49(61)82)57(90)70-39(27-77)59(92)95-48(33-14-10-9-11-15-33)45(75-53(86)38(68-50(83)35-16-12-22-64-35)25-32-18-20-34(21-19-32)76(93)94)58(91)74-43(46(80)29(4)5)56(89)69-37(24-28(2)3)52(85)67-36(51(84)72-41)17-13-23-65-60(62)63/h9-11,14-15,18-21,28-31,35-39,41-48,64,77-78,80-81H,8,12-13,16-17,22-27H2,1-7H3,(H2,61,82)(H,66,87)(H,67,85)(H,68,83)(H,69,89)(H,70,90)(H,71,79)(H,72,84)(H,73,88)(H,74,91)(H,75,86)(H4,62,63,65)/t30-,31-,35+,36+,37-,38-,39-,41-,42-,43-,44-,45-,46+,47-,48+/m0/s1. The van der Waals surface area contributed by atoms with Gasteiger partial charge in [0, 0.05) is 25.1 Å². The number of guanidine groups is 1. The molecule has 95 heavy (non-hydrogen) atoms. The van der Waals surface area contributed by atoms with Gasteiger partial charge in [0.1, 0.15) is 48.3 Å². The number of nitrogens with one attached hydrogen (secondary N) is 13. The molecule has 0 unspecified atom stereocenters. The second-order valence-electron chi connectivity index (χ2n) is 24.0. The van der Waals surface area contributed by atoms with Crippen LogP contribution in [0.4, 0.5) is 5.69 Å². The number of aliphatic hydroxyl groups is 4. The van der Waals surface area contributed by atoms with Crippen LogP contribution in [0.15, 0.2) is 54.6 Å². The first-order valence-corrected chi connectivity index (χ1v) is 31.0. The third-order valence-corrected chi connectivity index (χ3v) is 15.7. The van der Waals surface area contributed by atoms with Crippen molar-refractivity contribution in [2.75, 3.05) is 26.2 Å². The number of ether oxygens (including phenoxy) is 1. The van der Waals surface area contributed by atoms with Gasteiger partial charge in [-0.15, -0.1) is 0 Å². The number of nitrogens with two attached hydrogens (primary N) is 2. The van der Waals surface area contributed by atoms with E-state index >= 15 is 9.59 Å². The van der Waals surface area contributed by atoms with Gasteiger partial charge in [-0.05, 0) is 74.5 Å². The second-order valence-corrected chi connectivity index (χ2v) is 24.0. The van der Waals surface area contributed by atoms with Gasteiger partial charge in [-0.25, -0.2) is 4.79 Å². The summed E-state index contributed by atoms with van der Waals surface area (Å²) in [5.74, 6) is -17.5. The summed E-state index contributed by atoms with van der Waals surface area (Å²) in [5, 5.41) is 92.9. The topological polar surface area (TPSA) is 558 Å². The van der Waals surface area contributed by atoms with Gasteiger partial charge in [-0.1, -0.05) is 90.4 Å². The van der Waals surface area contributed by atoms with Crippen molar-refractivity contribution in [3.8, 4) is 0 Å². The molecule has 21 N–H and O–H groups in total. The van der Waals surface area contributed by atoms with E-state index in [1.807, 2.05) is 10.6 Å². The minimum absolute atomic E-state index is 0.00547. The lowest BCUT2D eigenvalue weighted by Gasteiger charge is -2.33. The van der Waals surface area contributed by atoms with Crippen LogP contribution in [0.2, 0.25) is 0 Å². The Labute approximate surface area is 547 Å². The van der Waals surface area contributed by atoms with Gasteiger partial charge >= 0.3 is 5.97 Å². The highest BCUT2D eigenvalue weighted by Gasteiger charge is 2.44. The highest BCUT2D eigenvalue weighted by Crippen LogP contribution is 2.25. The van der Waals surface area contributed by atoms with Crippen molar-refractivity contribution in [3.05, 3.63) is 75.8 Å². The Balaban J connectivity index is 2.00. The van der Waals surface area contributed by atoms with E-state index in [9.17, 15) is 78.5 Å². The minimum atomic E-state index is -2.61. The maximum Gasteiger partial charge on any atom is 0.331 e. The molecule has 0 bridgehead atoms. The molecule has 0 radical (unpaired) electrons. The quantitative estimate of drug-likeness (QED) is 0.0130. The van der Waals surface area contributed by atoms with Gasteiger partial charge in [0.2, 0.25) is 65.0 Å². The number of nitro groups is 1. The summed E-state index contributed by atoms with van der Waals surface area (Å²) in [6, 6.07) is -6.32. The molecule has 2 heterocycles. The number of primary amides is 1. The number of rotatable bonds is 22. The third-order valence-electron chi connectivity index (χ3n) is 15.7. The molecule has 0 spiro atoms. The summed E-state index contributed by atoms with van der Waals surface area (Å²) in [6.45, 7) is 8.53. The van der Waals surface area contributed by atoms with Crippen LogP contribution in [0.3, 0.4) is 0 Å². The number of cyclic esters (lactones) is 1. The minimum Gasteiger partial charge on any atom is -0.453 e. The summed E-state index contributed by atoms with van der Waals surface area (Å²) >= 11 is 0. The van der Waals surface area contributed by atoms with Crippen LogP contribution in [0, 0.1) is 33.3 Å². The largest absolute Gasteiger partial charge is 0.453 e. The molecular weight excluding hydrogens is 1250 g/mol. The molecule has 2 aromatic rings. The Kier molecular flexibility index (Phi) is 30.7. The molecule has 2 aromatic carbocycles. The Morgan fingerprint density at radius 1 is 0.737 bits per heavy atom. The lowest BCUT2D eigenvalue weighted by molar-refractivity contribution is -0.384. The van der Waals surface area contributed by atoms with Crippen molar-refractivity contribution in [2.24, 2.45) is 29.2 Å². The molecule has 524 valence electrons. The summed E-state index contributed by atoms with van der Waals surface area (Å²) in [5.41, 5.74) is 10.6. The first-order chi connectivity index (χ1) is 44.8. The first-order valence-electron chi connectivity index (χ1n) is 31.0. The summed E-state index contributed by atoms with van der Waals surface area (Å²) < 4.78 is 5.94. The van der Waals surface area contributed by atoms with E-state index in [-0.39, 0.29) is 49.0 Å². The summed E-state index contributed by atoms with van der Waals surface area (Å²) in [7, 11) is 0. The molecule has 0 aliphatic carbocycles. The van der Waals surface area contributed by atoms with Gasteiger partial charge in [0.25, 0.3) is 5.69 Å². The monoisotopic (exact) mass is 1340 g/mol. The maximum absolute atomic E-state index is 15.5. The molecule has 0 aromatic heterocycles. The smallest absolute Gasteiger partial charge is 0.331 e. The molecule has 2 aliphatic rings. The van der Waals surface area contributed by atoms with Crippen LogP contribution in [0.25, 0.3) is 0 Å². The van der Waals surface area contributed by atoms with Crippen molar-refractivity contribution in [2.45, 2.75) is 178 Å². The molecule has 35 heteroatoms. The zero-order valence-corrected chi connectivity index (χ0v) is 53.8. The molecule has 15 atom stereocenters. The second kappa shape index (κ2) is 37.4. The molecular formula is C60H90N16O19. The third kappa shape index (κ3) is 23.8. The fourth-order valence-electron chi connectivity index (χ4n) is 10.1. The van der Waals surface area contributed by atoms with Gasteiger partial charge in [0.15, 0.2) is 24.2 Å². The van der Waals surface area contributed by atoms with Crippen LogP contribution in [-0.4, -0.2) is 207 Å². The maximum atomic E-state index is 15.5. The van der Waals surface area contributed by atoms with Crippen molar-refractivity contribution in [1.29, 1.82) is 5.41 Å². The van der Waals surface area contributed by atoms with Crippen molar-refractivity contribution >= 4 is 82.6 Å². The van der Waals surface area contributed by atoms with Crippen LogP contribution in [0.5, 0.6) is 0 Å². The van der Waals surface area contributed by atoms with E-state index in [2.05, 4.69) is 53.2 Å². The molecule has 2 fully saturated rings. The van der Waals surface area contributed by atoms with E-state index in [1.165, 1.54) is 56.3 Å². The number of amides is 11. The molecule has 4 rings (SSSR count). The van der Waals surface area contributed by atoms with Crippen LogP contribution < -0.4 is 75.3 Å². The number of non-ortho nitro benzene ring substituents is 1. The van der Waals surface area contributed by atoms with Gasteiger partial charge in [0.05, 0.1) is 36.3 Å². The van der Waals surface area contributed by atoms with Gasteiger partial charge < -0.3 is 100 Å². The zero-order valence-electron chi connectivity index (χ0n) is 53.8. The molecule has 35 nitrogen and oxygen atoms in total. The molecule has 0 saturated carbocycles. The van der Waals surface area contributed by atoms with Crippen LogP contribution in [0.1, 0.15) is 104 Å². The normalized spacial score (nSPS) is 25.1. The number of carbonyl (C=O) groups excluding carboxylic acids is 12. The molecule has 2 aliphatic heterocycles.